The molecule has 0 N–H and O–H groups in total. The van der Waals surface area contributed by atoms with E-state index < -0.39 is 0 Å². The Morgan fingerprint density at radius 1 is 0.962 bits per heavy atom. The number of rotatable bonds is 7. The summed E-state index contributed by atoms with van der Waals surface area (Å²) < 4.78 is 10.3. The second-order valence-corrected chi connectivity index (χ2v) is 7.35. The quantitative estimate of drug-likeness (QED) is 0.199. The number of hydrogen-bond acceptors (Lipinski definition) is 7. The molecular weight excluding hydrogens is 432 g/mol. The Balaban J connectivity index is 1.46. The Kier molecular flexibility index (Phi) is 7.24. The summed E-state index contributed by atoms with van der Waals surface area (Å²) in [7, 11) is 0. The minimum atomic E-state index is 0.702. The lowest BCUT2D eigenvalue weighted by Crippen LogP contribution is -1.87. The molecule has 130 valence electrons. The standard InChI is InChI=1S/C18H13BrN4OS2/c19-14-10-20-18(21-11-14)26-17-8-6-15(7-9-17)22-13-25-23-12-24-16-4-2-1-3-5-16/h1-13H/b22-13?,23-12+. The van der Waals surface area contributed by atoms with Gasteiger partial charge in [-0.1, -0.05) is 18.2 Å². The number of ether oxygens (including phenoxy) is 1. The molecule has 0 atom stereocenters. The second-order valence-electron chi connectivity index (χ2n) is 4.76. The Bertz CT molecular complexity index is 872. The molecule has 0 aliphatic carbocycles. The summed E-state index contributed by atoms with van der Waals surface area (Å²) in [5.41, 5.74) is 2.50. The molecule has 5 nitrogen and oxygen atoms in total. The molecule has 0 saturated carbocycles. The van der Waals surface area contributed by atoms with Crippen molar-refractivity contribution in [2.45, 2.75) is 10.1 Å². The molecular formula is C18H13BrN4OS2. The fourth-order valence-electron chi connectivity index (χ4n) is 1.78. The van der Waals surface area contributed by atoms with Crippen molar-refractivity contribution in [1.82, 2.24) is 9.97 Å². The summed E-state index contributed by atoms with van der Waals surface area (Å²) >= 11 is 6.02. The first-order chi connectivity index (χ1) is 12.8. The molecule has 0 fully saturated rings. The maximum absolute atomic E-state index is 5.35. The first-order valence-corrected chi connectivity index (χ1v) is 9.91. The molecule has 0 unspecified atom stereocenters. The highest BCUT2D eigenvalue weighted by Gasteiger charge is 2.00. The van der Waals surface area contributed by atoms with Crippen molar-refractivity contribution in [3.63, 3.8) is 0 Å². The lowest BCUT2D eigenvalue weighted by Gasteiger charge is -2.00. The molecule has 2 aromatic carbocycles. The number of halogens is 1. The fourth-order valence-corrected chi connectivity index (χ4v) is 2.99. The van der Waals surface area contributed by atoms with Gasteiger partial charge in [0.2, 0.25) is 0 Å². The Hall–Kier alpha value is -2.16. The van der Waals surface area contributed by atoms with Gasteiger partial charge in [0.05, 0.1) is 15.7 Å². The van der Waals surface area contributed by atoms with Gasteiger partial charge in [0.1, 0.15) is 5.75 Å². The highest BCUT2D eigenvalue weighted by molar-refractivity contribution is 9.10. The molecule has 0 radical (unpaired) electrons. The maximum Gasteiger partial charge on any atom is 0.192 e. The van der Waals surface area contributed by atoms with Crippen molar-refractivity contribution in [3.8, 4) is 5.75 Å². The summed E-state index contributed by atoms with van der Waals surface area (Å²) in [6, 6.07) is 17.3. The van der Waals surface area contributed by atoms with Crippen LogP contribution < -0.4 is 4.74 Å². The molecule has 3 rings (SSSR count). The lowest BCUT2D eigenvalue weighted by atomic mass is 10.3. The van der Waals surface area contributed by atoms with Gasteiger partial charge in [-0.3, -0.25) is 0 Å². The number of benzene rings is 2. The summed E-state index contributed by atoms with van der Waals surface area (Å²) in [5.74, 6) is 0.747. The molecule has 0 aliphatic heterocycles. The van der Waals surface area contributed by atoms with Gasteiger partial charge in [-0.05, 0) is 64.1 Å². The Morgan fingerprint density at radius 2 is 1.69 bits per heavy atom. The topological polar surface area (TPSA) is 59.7 Å². The normalized spacial score (nSPS) is 11.3. The van der Waals surface area contributed by atoms with E-state index in [1.54, 1.807) is 17.9 Å². The van der Waals surface area contributed by atoms with Crippen LogP contribution in [-0.4, -0.2) is 21.9 Å². The minimum absolute atomic E-state index is 0.702. The van der Waals surface area contributed by atoms with Crippen LogP contribution in [0.25, 0.3) is 0 Å². The van der Waals surface area contributed by atoms with Crippen LogP contribution in [0.4, 0.5) is 5.69 Å². The summed E-state index contributed by atoms with van der Waals surface area (Å²) in [4.78, 5) is 13.9. The van der Waals surface area contributed by atoms with Crippen molar-refractivity contribution in [2.75, 3.05) is 0 Å². The average Bonchev–Trinajstić information content (AvgIpc) is 2.68. The number of hydrogen-bond donors (Lipinski definition) is 0. The van der Waals surface area contributed by atoms with Crippen molar-refractivity contribution in [3.05, 3.63) is 71.5 Å². The molecule has 26 heavy (non-hydrogen) atoms. The van der Waals surface area contributed by atoms with Crippen molar-refractivity contribution in [1.29, 1.82) is 0 Å². The summed E-state index contributed by atoms with van der Waals surface area (Å²) in [6.45, 7) is 0. The third-order valence-corrected chi connectivity index (χ3v) is 4.65. The van der Waals surface area contributed by atoms with Gasteiger partial charge >= 0.3 is 0 Å². The van der Waals surface area contributed by atoms with E-state index in [1.165, 1.54) is 30.1 Å². The second kappa shape index (κ2) is 10.1. The number of aromatic nitrogens is 2. The molecule has 3 aromatic rings. The molecule has 0 spiro atoms. The number of aliphatic imine (C=N–C) groups is 1. The molecule has 0 bridgehead atoms. The van der Waals surface area contributed by atoms with E-state index >= 15 is 0 Å². The zero-order chi connectivity index (χ0) is 18.0. The molecule has 1 aromatic heterocycles. The van der Waals surface area contributed by atoms with E-state index in [2.05, 4.69) is 35.3 Å². The molecule has 0 amide bonds. The first-order valence-electron chi connectivity index (χ1n) is 7.47. The predicted molar refractivity (Wildman–Crippen MR) is 112 cm³/mol. The van der Waals surface area contributed by atoms with Crippen LogP contribution in [0.2, 0.25) is 0 Å². The van der Waals surface area contributed by atoms with E-state index in [-0.39, 0.29) is 0 Å². The first kappa shape index (κ1) is 18.6. The largest absolute Gasteiger partial charge is 0.445 e. The summed E-state index contributed by atoms with van der Waals surface area (Å²) in [5, 5.41) is 0.702. The van der Waals surface area contributed by atoms with Gasteiger partial charge in [-0.15, -0.1) is 0 Å². The smallest absolute Gasteiger partial charge is 0.192 e. The highest BCUT2D eigenvalue weighted by atomic mass is 79.9. The zero-order valence-electron chi connectivity index (χ0n) is 13.4. The van der Waals surface area contributed by atoms with E-state index in [9.17, 15) is 0 Å². The third-order valence-electron chi connectivity index (χ3n) is 2.93. The van der Waals surface area contributed by atoms with Gasteiger partial charge in [-0.2, -0.15) is 4.40 Å². The van der Waals surface area contributed by atoms with Crippen molar-refractivity contribution < 1.29 is 4.74 Å². The van der Waals surface area contributed by atoms with Gasteiger partial charge < -0.3 is 4.74 Å². The van der Waals surface area contributed by atoms with Crippen LogP contribution in [0.15, 0.2) is 90.9 Å². The van der Waals surface area contributed by atoms with Gasteiger partial charge in [-0.25, -0.2) is 15.0 Å². The summed E-state index contributed by atoms with van der Waals surface area (Å²) in [6.07, 6.45) is 4.85. The van der Waals surface area contributed by atoms with Crippen molar-refractivity contribution in [2.24, 2.45) is 9.39 Å². The van der Waals surface area contributed by atoms with E-state index in [0.29, 0.717) is 5.16 Å². The van der Waals surface area contributed by atoms with Gasteiger partial charge in [0.15, 0.2) is 11.6 Å². The average molecular weight is 445 g/mol. The number of nitrogens with zero attached hydrogens (tertiary/aromatic N) is 4. The van der Waals surface area contributed by atoms with Crippen molar-refractivity contribution >= 4 is 57.3 Å². The minimum Gasteiger partial charge on any atom is -0.445 e. The molecule has 1 heterocycles. The van der Waals surface area contributed by atoms with Crippen LogP contribution in [-0.2, 0) is 0 Å². The molecule has 0 aliphatic rings. The molecule has 8 heteroatoms. The van der Waals surface area contributed by atoms with Crippen LogP contribution in [0, 0.1) is 0 Å². The SMILES string of the molecule is Brc1cnc(Sc2ccc(N=CS/N=C/Oc3ccccc3)cc2)nc1. The third kappa shape index (κ3) is 6.29. The van der Waals surface area contributed by atoms with Crippen LogP contribution >= 0.6 is 39.6 Å². The van der Waals surface area contributed by atoms with E-state index in [0.717, 1.165) is 20.8 Å². The van der Waals surface area contributed by atoms with Gasteiger partial charge in [0, 0.05) is 29.2 Å². The van der Waals surface area contributed by atoms with Gasteiger partial charge in [0.25, 0.3) is 0 Å². The van der Waals surface area contributed by atoms with Crippen LogP contribution in [0.1, 0.15) is 0 Å². The maximum atomic E-state index is 5.35. The predicted octanol–water partition coefficient (Wildman–Crippen LogP) is 5.81. The fraction of sp³-hybridized carbons (Fsp3) is 0. The molecule has 0 saturated heterocycles. The lowest BCUT2D eigenvalue weighted by molar-refractivity contribution is 0.576. The van der Waals surface area contributed by atoms with E-state index in [4.69, 9.17) is 4.74 Å². The Morgan fingerprint density at radius 3 is 2.42 bits per heavy atom. The van der Waals surface area contributed by atoms with E-state index in [1.807, 2.05) is 54.6 Å². The number of para-hydroxylation sites is 1. The highest BCUT2D eigenvalue weighted by Crippen LogP contribution is 2.26. The zero-order valence-corrected chi connectivity index (χ0v) is 16.6. The monoisotopic (exact) mass is 444 g/mol. The van der Waals surface area contributed by atoms with Crippen LogP contribution in [0.5, 0.6) is 5.75 Å². The van der Waals surface area contributed by atoms with Crippen LogP contribution in [0.3, 0.4) is 0 Å². The Labute approximate surface area is 168 Å².